The standard InChI is InChI=1S/C85H151N23O20S/c1-7-8-9-10-11-12-13-14-15-16-17-18-19-33-68(113)96-56(28-20-23-39-86)72(117)97-58(30-22-25-41-88)75(120)104-64-46-52(4)108(83(64)128)67(32-27-43-95-85(92)93)81(126)106-66(50-110)80(125)100-60(38-44-129-6)76(121)107-70(53(5)111)82(127)103-63(48-69(114)115)79(124)98-57(29-21-24-40-87)73(118)102-62(47-54-34-36-55(112)37-35-54)78(123)99-59(31-26-42-94-84(90)91)74(119)101-61(45-51(2)3)77(122)105-65(49-109)71(89)116/h34-37,51-53,56-67,70,109-112H,7-33,38-50,86-88H2,1-6H3,(H2,89,116)(H,96,113)(H,97,117)(H,98,124)(H,99,123)(H,100,125)(H,101,119)(H,102,118)(H,103,127)(H,104,120)(H,105,122)(H,106,126)(H,107,121)(H,114,115)(H4,90,91,94)(H4,92,93,95)/t52?,53-,56+,57+,58+,59+,60+,61-,62+,63+,64+,65+,66+,67+,70+/m1/s1. The molecule has 732 valence electrons. The number of benzene rings is 1. The second-order valence-electron chi connectivity index (χ2n) is 33.3. The summed E-state index contributed by atoms with van der Waals surface area (Å²) in [5.74, 6) is -16.2. The van der Waals surface area contributed by atoms with Gasteiger partial charge in [-0.15, -0.1) is 0 Å². The van der Waals surface area contributed by atoms with Crippen molar-refractivity contribution < 1.29 is 97.5 Å². The molecular weight excluding hydrogens is 1700 g/mol. The normalized spacial score (nSPS) is 16.0. The van der Waals surface area contributed by atoms with Crippen LogP contribution in [0.15, 0.2) is 24.3 Å². The minimum absolute atomic E-state index is 0.00975. The third-order valence-electron chi connectivity index (χ3n) is 21.7. The number of guanidine groups is 2. The monoisotopic (exact) mass is 1850 g/mol. The first-order valence-electron chi connectivity index (χ1n) is 45.3. The number of aromatic hydroxyl groups is 1. The number of carbonyl (C=O) groups is 15. The molecule has 0 aliphatic carbocycles. The quantitative estimate of drug-likeness (QED) is 0.0179. The van der Waals surface area contributed by atoms with E-state index in [0.717, 1.165) is 32.6 Å². The molecule has 2 rings (SSSR count). The Balaban J connectivity index is 2.49. The fourth-order valence-corrected chi connectivity index (χ4v) is 15.0. The zero-order valence-electron chi connectivity index (χ0n) is 76.0. The van der Waals surface area contributed by atoms with E-state index in [2.05, 4.69) is 81.4 Å². The van der Waals surface area contributed by atoms with E-state index in [0.29, 0.717) is 44.2 Å². The molecule has 44 heteroatoms. The van der Waals surface area contributed by atoms with Gasteiger partial charge >= 0.3 is 5.97 Å². The number of aliphatic hydroxyl groups excluding tert-OH is 3. The predicted molar refractivity (Wildman–Crippen MR) is 487 cm³/mol. The van der Waals surface area contributed by atoms with Gasteiger partial charge in [0, 0.05) is 32.0 Å². The van der Waals surface area contributed by atoms with E-state index < -0.39 is 205 Å². The number of phenols is 1. The number of rotatable bonds is 71. The first-order chi connectivity index (χ1) is 61.4. The van der Waals surface area contributed by atoms with Crippen LogP contribution in [0.3, 0.4) is 0 Å². The zero-order chi connectivity index (χ0) is 96.5. The van der Waals surface area contributed by atoms with Crippen molar-refractivity contribution in [2.24, 2.45) is 40.3 Å². The maximum atomic E-state index is 14.7. The van der Waals surface area contributed by atoms with Crippen LogP contribution in [0, 0.1) is 16.7 Å². The lowest BCUT2D eigenvalue weighted by atomic mass is 10.0. The van der Waals surface area contributed by atoms with E-state index in [1.54, 1.807) is 27.0 Å². The zero-order valence-corrected chi connectivity index (χ0v) is 76.8. The molecule has 1 saturated heterocycles. The molecule has 1 heterocycles. The molecule has 33 N–H and O–H groups in total. The highest BCUT2D eigenvalue weighted by Crippen LogP contribution is 2.26. The number of carboxylic acids is 1. The molecule has 14 amide bonds. The number of hydrogen-bond donors (Lipinski definition) is 27. The van der Waals surface area contributed by atoms with Crippen molar-refractivity contribution >= 4 is 112 Å². The molecule has 1 aliphatic rings. The smallest absolute Gasteiger partial charge is 0.305 e. The number of unbranched alkanes of at least 4 members (excludes halogenated alkanes) is 15. The average Bonchev–Trinajstić information content (AvgIpc) is 1.65. The van der Waals surface area contributed by atoms with Crippen LogP contribution < -0.4 is 109 Å². The highest BCUT2D eigenvalue weighted by Gasteiger charge is 2.46. The molecule has 129 heavy (non-hydrogen) atoms. The minimum Gasteiger partial charge on any atom is -0.508 e. The molecule has 0 bridgehead atoms. The van der Waals surface area contributed by atoms with Gasteiger partial charge in [-0.25, -0.2) is 0 Å². The van der Waals surface area contributed by atoms with Crippen LogP contribution in [0.2, 0.25) is 0 Å². The van der Waals surface area contributed by atoms with Crippen LogP contribution in [-0.2, 0) is 78.3 Å². The lowest BCUT2D eigenvalue weighted by Gasteiger charge is -2.32. The second-order valence-corrected chi connectivity index (χ2v) is 34.2. The van der Waals surface area contributed by atoms with Gasteiger partial charge in [0.25, 0.3) is 0 Å². The Kier molecular flexibility index (Phi) is 58.1. The van der Waals surface area contributed by atoms with Gasteiger partial charge < -0.3 is 139 Å². The number of nitrogens with zero attached hydrogens (tertiary/aromatic N) is 1. The molecule has 0 saturated carbocycles. The molecule has 1 aromatic rings. The Hall–Kier alpha value is -10.3. The number of likely N-dealkylation sites (tertiary alicyclic amines) is 1. The van der Waals surface area contributed by atoms with E-state index in [4.69, 9.17) is 45.2 Å². The number of nitrogens with two attached hydrogens (primary N) is 6. The van der Waals surface area contributed by atoms with Crippen LogP contribution >= 0.6 is 11.8 Å². The van der Waals surface area contributed by atoms with Crippen molar-refractivity contribution in [2.75, 3.05) is 57.9 Å². The first-order valence-corrected chi connectivity index (χ1v) is 46.7. The third-order valence-corrected chi connectivity index (χ3v) is 22.4. The number of carbonyl (C=O) groups excluding carboxylic acids is 14. The van der Waals surface area contributed by atoms with Crippen molar-refractivity contribution in [3.05, 3.63) is 29.8 Å². The van der Waals surface area contributed by atoms with Crippen LogP contribution in [0.25, 0.3) is 0 Å². The fourth-order valence-electron chi connectivity index (χ4n) is 14.5. The molecular formula is C85H151N23O20S. The number of phenolic OH excluding ortho intramolecular Hbond substituents is 1. The largest absolute Gasteiger partial charge is 0.508 e. The molecule has 0 radical (unpaired) electrons. The van der Waals surface area contributed by atoms with Crippen LogP contribution in [0.5, 0.6) is 5.75 Å². The van der Waals surface area contributed by atoms with Crippen LogP contribution in [0.1, 0.15) is 239 Å². The van der Waals surface area contributed by atoms with Crippen molar-refractivity contribution in [3.8, 4) is 5.75 Å². The van der Waals surface area contributed by atoms with E-state index in [9.17, 15) is 97.5 Å². The molecule has 0 aromatic heterocycles. The van der Waals surface area contributed by atoms with Gasteiger partial charge in [-0.05, 0) is 178 Å². The maximum Gasteiger partial charge on any atom is 0.305 e. The van der Waals surface area contributed by atoms with Gasteiger partial charge in [0.05, 0.1) is 25.7 Å². The summed E-state index contributed by atoms with van der Waals surface area (Å²) in [7, 11) is 0. The van der Waals surface area contributed by atoms with Gasteiger partial charge in [-0.1, -0.05) is 110 Å². The topological polar surface area (TPSA) is 733 Å². The summed E-state index contributed by atoms with van der Waals surface area (Å²) in [6, 6.07) is -15.7. The number of amides is 14. The van der Waals surface area contributed by atoms with Gasteiger partial charge in [0.1, 0.15) is 84.3 Å². The van der Waals surface area contributed by atoms with Gasteiger partial charge in [0.2, 0.25) is 82.7 Å². The van der Waals surface area contributed by atoms with E-state index in [-0.39, 0.29) is 139 Å². The van der Waals surface area contributed by atoms with Gasteiger partial charge in [-0.3, -0.25) is 82.7 Å². The molecule has 1 aliphatic heterocycles. The fraction of sp³-hybridized carbons (Fsp3) is 0.729. The Morgan fingerprint density at radius 2 is 0.868 bits per heavy atom. The van der Waals surface area contributed by atoms with Crippen molar-refractivity contribution in [2.45, 2.75) is 331 Å². The molecule has 1 aromatic carbocycles. The number of aliphatic carboxylic acids is 1. The number of carboxylic acid groups (broad SMARTS) is 1. The second kappa shape index (κ2) is 65.3. The molecule has 1 fully saturated rings. The summed E-state index contributed by atoms with van der Waals surface area (Å²) in [6.45, 7) is 7.08. The summed E-state index contributed by atoms with van der Waals surface area (Å²) in [5, 5.41) is 103. The van der Waals surface area contributed by atoms with Crippen molar-refractivity contribution in [1.29, 1.82) is 10.8 Å². The summed E-state index contributed by atoms with van der Waals surface area (Å²) >= 11 is 1.21. The SMILES string of the molecule is CCCCCCCCCCCCCCCC(=O)N[C@@H](CCCCN)C(=O)N[C@@H](CCCCN)C(=O)N[C@H]1CC(C)N([C@@H](CCCNC(=N)N)C(=O)N[C@@H](CO)C(=O)N[C@@H](CCSC)C(=O)N[C@H](C(=O)N[C@@H](CC(=O)O)C(=O)N[C@@H](CCCCN)C(=O)N[C@@H](Cc2ccc(O)cc2)C(=O)N[C@@H](CCCNC(=N)N)C(=O)N[C@H](CC(C)C)C(=O)N[C@@H](CO)C(N)=O)[C@@H](C)O)C1=O. The maximum absolute atomic E-state index is 14.7. The number of aliphatic hydroxyl groups is 3. The van der Waals surface area contributed by atoms with Crippen molar-refractivity contribution in [1.82, 2.24) is 79.3 Å². The Morgan fingerprint density at radius 3 is 1.33 bits per heavy atom. The highest BCUT2D eigenvalue weighted by molar-refractivity contribution is 7.98. The number of hydrogen-bond acceptors (Lipinski definition) is 25. The highest BCUT2D eigenvalue weighted by atomic mass is 32.2. The summed E-state index contributed by atoms with van der Waals surface area (Å²) in [5.41, 5.74) is 34.2. The minimum atomic E-state index is -2.10. The van der Waals surface area contributed by atoms with Crippen LogP contribution in [-0.4, -0.2) is 280 Å². The lowest BCUT2D eigenvalue weighted by Crippen LogP contribution is -2.62. The Morgan fingerprint density at radius 1 is 0.473 bits per heavy atom. The molecule has 15 atom stereocenters. The third kappa shape index (κ3) is 46.7. The average molecular weight is 1850 g/mol. The summed E-state index contributed by atoms with van der Waals surface area (Å²) < 4.78 is 0. The van der Waals surface area contributed by atoms with Crippen molar-refractivity contribution in [3.63, 3.8) is 0 Å². The summed E-state index contributed by atoms with van der Waals surface area (Å²) in [4.78, 5) is 212. The summed E-state index contributed by atoms with van der Waals surface area (Å²) in [6.07, 6.45) is 15.1. The van der Waals surface area contributed by atoms with E-state index >= 15 is 0 Å². The van der Waals surface area contributed by atoms with Gasteiger partial charge in [-0.2, -0.15) is 11.8 Å². The Labute approximate surface area is 761 Å². The van der Waals surface area contributed by atoms with Crippen LogP contribution in [0.4, 0.5) is 0 Å². The molecule has 1 unspecified atom stereocenters. The van der Waals surface area contributed by atoms with E-state index in [1.807, 2.05) is 0 Å². The lowest BCUT2D eigenvalue weighted by molar-refractivity contribution is -0.142. The van der Waals surface area contributed by atoms with Gasteiger partial charge in [0.15, 0.2) is 11.9 Å². The number of primary amides is 1. The first kappa shape index (κ1) is 115. The molecule has 0 spiro atoms. The number of nitrogens with one attached hydrogen (secondary N) is 16. The van der Waals surface area contributed by atoms with E-state index in [1.165, 1.54) is 92.3 Å². The predicted octanol–water partition coefficient (Wildman–Crippen LogP) is -2.74. The Bertz CT molecular complexity index is 3670. The number of thioether (sulfide) groups is 1. The molecule has 43 nitrogen and oxygen atoms in total.